The van der Waals surface area contributed by atoms with E-state index in [2.05, 4.69) is 24.3 Å². The van der Waals surface area contributed by atoms with Crippen LogP contribution in [0.5, 0.6) is 0 Å². The van der Waals surface area contributed by atoms with Gasteiger partial charge in [-0.15, -0.1) is 11.6 Å². The lowest BCUT2D eigenvalue weighted by molar-refractivity contribution is -0.118. The molecule has 1 aromatic rings. The summed E-state index contributed by atoms with van der Waals surface area (Å²) < 4.78 is 0. The molecule has 0 bridgehead atoms. The summed E-state index contributed by atoms with van der Waals surface area (Å²) in [6.45, 7) is 0. The highest BCUT2D eigenvalue weighted by Crippen LogP contribution is 2.60. The fraction of sp³-hybridized carbons (Fsp3) is 0.462. The molecular weight excluding hydrogens is 208 g/mol. The summed E-state index contributed by atoms with van der Waals surface area (Å²) in [6, 6.07) is 8.52. The van der Waals surface area contributed by atoms with Crippen LogP contribution in [-0.2, 0) is 11.2 Å². The molecule has 2 aliphatic carbocycles. The van der Waals surface area contributed by atoms with Gasteiger partial charge in [0.2, 0.25) is 0 Å². The van der Waals surface area contributed by atoms with Crippen molar-refractivity contribution in [1.29, 1.82) is 0 Å². The van der Waals surface area contributed by atoms with Gasteiger partial charge in [0.25, 0.3) is 0 Å². The second kappa shape index (κ2) is 3.34. The Morgan fingerprint density at radius 2 is 2.20 bits per heavy atom. The molecule has 0 radical (unpaired) electrons. The highest BCUT2D eigenvalue weighted by atomic mass is 35.5. The minimum absolute atomic E-state index is 0.180. The molecule has 0 spiro atoms. The van der Waals surface area contributed by atoms with E-state index in [-0.39, 0.29) is 17.6 Å². The minimum Gasteiger partial charge on any atom is -0.298 e. The predicted octanol–water partition coefficient (Wildman–Crippen LogP) is 2.77. The first-order valence-corrected chi connectivity index (χ1v) is 6.03. The fourth-order valence-corrected chi connectivity index (χ4v) is 3.27. The van der Waals surface area contributed by atoms with Crippen LogP contribution >= 0.6 is 11.6 Å². The van der Waals surface area contributed by atoms with Crippen LogP contribution in [0.1, 0.15) is 23.5 Å². The zero-order chi connectivity index (χ0) is 10.4. The lowest BCUT2D eigenvalue weighted by Gasteiger charge is -2.13. The number of alkyl halides is 1. The van der Waals surface area contributed by atoms with E-state index in [1.807, 2.05) is 0 Å². The smallest absolute Gasteiger partial charge is 0.151 e. The van der Waals surface area contributed by atoms with E-state index in [9.17, 15) is 4.79 Å². The van der Waals surface area contributed by atoms with Gasteiger partial charge in [-0.25, -0.2) is 0 Å². The van der Waals surface area contributed by atoms with Gasteiger partial charge in [0.15, 0.2) is 5.78 Å². The Balaban J connectivity index is 1.93. The van der Waals surface area contributed by atoms with E-state index in [1.165, 1.54) is 11.1 Å². The normalized spacial score (nSPS) is 31.7. The molecule has 78 valence electrons. The van der Waals surface area contributed by atoms with Gasteiger partial charge in [-0.3, -0.25) is 4.79 Å². The molecule has 15 heavy (non-hydrogen) atoms. The first kappa shape index (κ1) is 9.41. The molecular formula is C13H13ClO. The zero-order valence-corrected chi connectivity index (χ0v) is 9.20. The number of hydrogen-bond acceptors (Lipinski definition) is 1. The van der Waals surface area contributed by atoms with Gasteiger partial charge in [-0.1, -0.05) is 24.3 Å². The molecule has 0 heterocycles. The molecule has 2 aliphatic rings. The van der Waals surface area contributed by atoms with Gasteiger partial charge in [0, 0.05) is 5.92 Å². The molecule has 1 saturated carbocycles. The molecule has 0 aliphatic heterocycles. The van der Waals surface area contributed by atoms with Gasteiger partial charge >= 0.3 is 0 Å². The quantitative estimate of drug-likeness (QED) is 0.701. The molecule has 3 unspecified atom stereocenters. The van der Waals surface area contributed by atoms with E-state index < -0.39 is 0 Å². The monoisotopic (exact) mass is 220 g/mol. The van der Waals surface area contributed by atoms with Crippen molar-refractivity contribution >= 4 is 17.4 Å². The first-order valence-electron chi connectivity index (χ1n) is 5.49. The van der Waals surface area contributed by atoms with Gasteiger partial charge in [-0.2, -0.15) is 0 Å². The molecule has 0 aromatic heterocycles. The molecule has 1 fully saturated rings. The highest BCUT2D eigenvalue weighted by Gasteiger charge is 2.56. The second-order valence-electron chi connectivity index (χ2n) is 4.55. The van der Waals surface area contributed by atoms with Crippen molar-refractivity contribution in [2.75, 3.05) is 5.88 Å². The second-order valence-corrected chi connectivity index (χ2v) is 4.82. The summed E-state index contributed by atoms with van der Waals surface area (Å²) in [4.78, 5) is 11.6. The van der Waals surface area contributed by atoms with Crippen LogP contribution < -0.4 is 0 Å². The van der Waals surface area contributed by atoms with Crippen molar-refractivity contribution < 1.29 is 4.79 Å². The Kier molecular flexibility index (Phi) is 2.10. The molecule has 1 nitrogen and oxygen atoms in total. The van der Waals surface area contributed by atoms with E-state index in [1.54, 1.807) is 0 Å². The maximum Gasteiger partial charge on any atom is 0.151 e. The standard InChI is InChI=1S/C13H13ClO/c14-7-11(15)13-10-6-5-8-3-1-2-4-9(8)12(10)13/h1-4,10,12-13H,5-7H2. The third-order valence-corrected chi connectivity index (χ3v) is 4.10. The lowest BCUT2D eigenvalue weighted by atomic mass is 9.92. The van der Waals surface area contributed by atoms with Crippen molar-refractivity contribution in [1.82, 2.24) is 0 Å². The summed E-state index contributed by atoms with van der Waals surface area (Å²) in [5.41, 5.74) is 2.83. The van der Waals surface area contributed by atoms with Crippen molar-refractivity contribution in [2.24, 2.45) is 11.8 Å². The van der Waals surface area contributed by atoms with Gasteiger partial charge in [0.05, 0.1) is 5.88 Å². The van der Waals surface area contributed by atoms with Crippen LogP contribution in [0.2, 0.25) is 0 Å². The van der Waals surface area contributed by atoms with Crippen molar-refractivity contribution in [3.05, 3.63) is 35.4 Å². The van der Waals surface area contributed by atoms with Gasteiger partial charge < -0.3 is 0 Å². The number of carbonyl (C=O) groups is 1. The number of aryl methyl sites for hydroxylation is 1. The van der Waals surface area contributed by atoms with E-state index in [0.29, 0.717) is 11.8 Å². The Labute approximate surface area is 94.4 Å². The van der Waals surface area contributed by atoms with Crippen molar-refractivity contribution in [3.8, 4) is 0 Å². The van der Waals surface area contributed by atoms with Crippen LogP contribution in [0.15, 0.2) is 24.3 Å². The number of fused-ring (bicyclic) bond motifs is 3. The first-order chi connectivity index (χ1) is 7.33. The Morgan fingerprint density at radius 3 is 3.00 bits per heavy atom. The largest absolute Gasteiger partial charge is 0.298 e. The Bertz CT molecular complexity index is 413. The number of hydrogen-bond donors (Lipinski definition) is 0. The average Bonchev–Trinajstić information content (AvgIpc) is 3.02. The SMILES string of the molecule is O=C(CCl)C1C2CCc3ccccc3C21. The Morgan fingerprint density at radius 1 is 1.40 bits per heavy atom. The lowest BCUT2D eigenvalue weighted by Crippen LogP contribution is -2.03. The number of halogens is 1. The molecule has 0 amide bonds. The van der Waals surface area contributed by atoms with Crippen LogP contribution in [-0.4, -0.2) is 11.7 Å². The highest BCUT2D eigenvalue weighted by molar-refractivity contribution is 6.28. The molecule has 3 rings (SSSR count). The summed E-state index contributed by atoms with van der Waals surface area (Å²) in [6.07, 6.45) is 2.29. The number of carbonyl (C=O) groups excluding carboxylic acids is 1. The fourth-order valence-electron chi connectivity index (χ4n) is 3.09. The molecule has 0 N–H and O–H groups in total. The summed E-state index contributed by atoms with van der Waals surface area (Å²) in [5, 5.41) is 0. The van der Waals surface area contributed by atoms with Crippen molar-refractivity contribution in [3.63, 3.8) is 0 Å². The summed E-state index contributed by atoms with van der Waals surface area (Å²) >= 11 is 5.63. The molecule has 3 atom stereocenters. The van der Waals surface area contributed by atoms with E-state index in [4.69, 9.17) is 11.6 Å². The summed E-state index contributed by atoms with van der Waals surface area (Å²) in [7, 11) is 0. The average molecular weight is 221 g/mol. The van der Waals surface area contributed by atoms with Crippen LogP contribution in [0, 0.1) is 11.8 Å². The number of rotatable bonds is 2. The number of ketones is 1. The number of benzene rings is 1. The topological polar surface area (TPSA) is 17.1 Å². The third-order valence-electron chi connectivity index (χ3n) is 3.83. The van der Waals surface area contributed by atoms with Gasteiger partial charge in [-0.05, 0) is 35.8 Å². The minimum atomic E-state index is 0.180. The predicted molar refractivity (Wildman–Crippen MR) is 60.2 cm³/mol. The molecule has 2 heteroatoms. The van der Waals surface area contributed by atoms with Crippen LogP contribution in [0.25, 0.3) is 0 Å². The molecule has 1 aromatic carbocycles. The Hall–Kier alpha value is -0.820. The van der Waals surface area contributed by atoms with E-state index in [0.717, 1.165) is 12.8 Å². The van der Waals surface area contributed by atoms with Crippen LogP contribution in [0.3, 0.4) is 0 Å². The number of Topliss-reactive ketones (excluding diaryl/α,β-unsaturated/α-hetero) is 1. The van der Waals surface area contributed by atoms with E-state index >= 15 is 0 Å². The summed E-state index contributed by atoms with van der Waals surface area (Å²) in [5.74, 6) is 1.72. The third kappa shape index (κ3) is 1.33. The zero-order valence-electron chi connectivity index (χ0n) is 8.45. The maximum absolute atomic E-state index is 11.6. The van der Waals surface area contributed by atoms with Gasteiger partial charge in [0.1, 0.15) is 0 Å². The molecule has 0 saturated heterocycles. The van der Waals surface area contributed by atoms with Crippen LogP contribution in [0.4, 0.5) is 0 Å². The van der Waals surface area contributed by atoms with Crippen molar-refractivity contribution in [2.45, 2.75) is 18.8 Å². The maximum atomic E-state index is 11.6.